The van der Waals surface area contributed by atoms with E-state index in [1.165, 1.54) is 0 Å². The van der Waals surface area contributed by atoms with E-state index in [9.17, 15) is 49.5 Å². The lowest BCUT2D eigenvalue weighted by Crippen LogP contribution is -2.50. The molecule has 2 heterocycles. The topological polar surface area (TPSA) is 95.0 Å². The number of carbonyl (C=O) groups is 2. The van der Waals surface area contributed by atoms with E-state index in [0.717, 1.165) is 9.21 Å². The van der Waals surface area contributed by atoms with Gasteiger partial charge >= 0.3 is 18.3 Å². The maximum absolute atomic E-state index is 13.3. The van der Waals surface area contributed by atoms with Gasteiger partial charge < -0.3 is 10.0 Å². The van der Waals surface area contributed by atoms with Gasteiger partial charge in [0.05, 0.1) is 21.4 Å². The zero-order valence-electron chi connectivity index (χ0n) is 18.2. The van der Waals surface area contributed by atoms with Crippen LogP contribution in [0.3, 0.4) is 0 Å². The van der Waals surface area contributed by atoms with Crippen molar-refractivity contribution in [3.8, 4) is 0 Å². The molecule has 7 nitrogen and oxygen atoms in total. The van der Waals surface area contributed by atoms with Crippen LogP contribution >= 0.6 is 0 Å². The first-order chi connectivity index (χ1) is 16.6. The third kappa shape index (κ3) is 4.32. The van der Waals surface area contributed by atoms with E-state index in [4.69, 9.17) is 0 Å². The molecule has 0 radical (unpaired) electrons. The van der Waals surface area contributed by atoms with E-state index in [-0.39, 0.29) is 44.1 Å². The molecule has 0 aromatic heterocycles. The number of amides is 1. The molecule has 0 unspecified atom stereocenters. The number of hydrogen-bond acceptors (Lipinski definition) is 4. The second kappa shape index (κ2) is 8.47. The maximum atomic E-state index is 13.3. The molecule has 0 atom stereocenters. The van der Waals surface area contributed by atoms with Crippen LogP contribution in [0.15, 0.2) is 47.4 Å². The highest BCUT2D eigenvalue weighted by atomic mass is 32.2. The molecular formula is C22H18F6N2O5S. The van der Waals surface area contributed by atoms with E-state index < -0.39 is 62.2 Å². The van der Waals surface area contributed by atoms with Gasteiger partial charge in [-0.05, 0) is 42.7 Å². The summed E-state index contributed by atoms with van der Waals surface area (Å²) in [4.78, 5) is 24.4. The van der Waals surface area contributed by atoms with Crippen LogP contribution < -0.4 is 4.90 Å². The lowest BCUT2D eigenvalue weighted by molar-refractivity contribution is -0.143. The SMILES string of the molecule is O=C(O)CN1C(=O)C2(CCN(S(=O)(=O)c3cc(C(F)(F)F)cc(C(F)(F)F)c3)CC2)c2ccccc21. The van der Waals surface area contributed by atoms with Crippen LogP contribution in [0, 0.1) is 0 Å². The molecule has 0 saturated carbocycles. The molecular weight excluding hydrogens is 518 g/mol. The zero-order chi connectivity index (χ0) is 26.7. The first kappa shape index (κ1) is 25.9. The van der Waals surface area contributed by atoms with Crippen molar-refractivity contribution in [2.24, 2.45) is 0 Å². The van der Waals surface area contributed by atoms with Crippen LogP contribution in [-0.4, -0.2) is 49.3 Å². The highest BCUT2D eigenvalue weighted by Crippen LogP contribution is 2.48. The van der Waals surface area contributed by atoms with Gasteiger partial charge in [0.2, 0.25) is 15.9 Å². The molecule has 0 bridgehead atoms. The van der Waals surface area contributed by atoms with Crippen LogP contribution in [0.1, 0.15) is 29.5 Å². The number of sulfonamides is 1. The second-order valence-electron chi connectivity index (χ2n) is 8.53. The van der Waals surface area contributed by atoms with Crippen molar-refractivity contribution in [1.82, 2.24) is 4.31 Å². The number of aliphatic carboxylic acids is 1. The lowest BCUT2D eigenvalue weighted by atomic mass is 9.74. The highest BCUT2D eigenvalue weighted by Gasteiger charge is 2.53. The molecule has 2 aromatic rings. The molecule has 1 saturated heterocycles. The number of piperidine rings is 1. The predicted octanol–water partition coefficient (Wildman–Crippen LogP) is 3.88. The van der Waals surface area contributed by atoms with Crippen LogP contribution in [0.5, 0.6) is 0 Å². The van der Waals surface area contributed by atoms with E-state index >= 15 is 0 Å². The number of carboxylic acid groups (broad SMARTS) is 1. The average molecular weight is 536 g/mol. The largest absolute Gasteiger partial charge is 0.480 e. The van der Waals surface area contributed by atoms with Gasteiger partial charge in [-0.2, -0.15) is 30.6 Å². The minimum atomic E-state index is -5.22. The molecule has 1 fully saturated rings. The first-order valence-electron chi connectivity index (χ1n) is 10.5. The highest BCUT2D eigenvalue weighted by molar-refractivity contribution is 7.89. The van der Waals surface area contributed by atoms with Crippen LogP contribution in [0.25, 0.3) is 0 Å². The number of fused-ring (bicyclic) bond motifs is 2. The van der Waals surface area contributed by atoms with Crippen molar-refractivity contribution >= 4 is 27.6 Å². The van der Waals surface area contributed by atoms with Crippen LogP contribution in [-0.2, 0) is 37.4 Å². The molecule has 36 heavy (non-hydrogen) atoms. The summed E-state index contributed by atoms with van der Waals surface area (Å²) in [7, 11) is -4.79. The summed E-state index contributed by atoms with van der Waals surface area (Å²) < 4.78 is 106. The second-order valence-corrected chi connectivity index (χ2v) is 10.5. The number of anilines is 1. The Hall–Kier alpha value is -3.13. The number of alkyl halides is 6. The predicted molar refractivity (Wildman–Crippen MR) is 113 cm³/mol. The van der Waals surface area contributed by atoms with Gasteiger partial charge in [0.25, 0.3) is 0 Å². The Morgan fingerprint density at radius 1 is 0.944 bits per heavy atom. The minimum absolute atomic E-state index is 0.136. The molecule has 1 N–H and O–H groups in total. The number of halogens is 6. The van der Waals surface area contributed by atoms with Gasteiger partial charge in [0.15, 0.2) is 0 Å². The molecule has 0 aliphatic carbocycles. The fourth-order valence-electron chi connectivity index (χ4n) is 4.70. The van der Waals surface area contributed by atoms with Crippen molar-refractivity contribution in [2.75, 3.05) is 24.5 Å². The monoisotopic (exact) mass is 536 g/mol. The van der Waals surface area contributed by atoms with E-state index in [1.54, 1.807) is 24.3 Å². The standard InChI is InChI=1S/C22H18F6N2O5S/c23-21(24,25)13-9-14(22(26,27)28)11-15(10-13)36(34,35)29-7-5-20(6-8-29)16-3-1-2-4-17(16)30(19(20)33)12-18(31)32/h1-4,9-11H,5-8,12H2,(H,31,32). The number of rotatable bonds is 4. The lowest BCUT2D eigenvalue weighted by Gasteiger charge is -2.37. The third-order valence-electron chi connectivity index (χ3n) is 6.43. The molecule has 4 rings (SSSR count). The molecule has 14 heteroatoms. The summed E-state index contributed by atoms with van der Waals surface area (Å²) in [6.07, 6.45) is -10.7. The Kier molecular flexibility index (Phi) is 6.11. The fourth-order valence-corrected chi connectivity index (χ4v) is 6.22. The molecule has 2 aliphatic heterocycles. The zero-order valence-corrected chi connectivity index (χ0v) is 19.0. The Labute approximate surface area is 201 Å². The number of carboxylic acids is 1. The van der Waals surface area contributed by atoms with Crippen molar-refractivity contribution in [3.05, 3.63) is 59.2 Å². The van der Waals surface area contributed by atoms with Crippen LogP contribution in [0.2, 0.25) is 0 Å². The number of hydrogen-bond donors (Lipinski definition) is 1. The number of nitrogens with zero attached hydrogens (tertiary/aromatic N) is 2. The smallest absolute Gasteiger partial charge is 0.416 e. The number of para-hydroxylation sites is 1. The van der Waals surface area contributed by atoms with Crippen LogP contribution in [0.4, 0.5) is 32.0 Å². The molecule has 1 amide bonds. The van der Waals surface area contributed by atoms with E-state index in [2.05, 4.69) is 0 Å². The molecule has 1 spiro atoms. The van der Waals surface area contributed by atoms with Gasteiger partial charge in [-0.25, -0.2) is 8.42 Å². The third-order valence-corrected chi connectivity index (χ3v) is 8.31. The molecule has 2 aromatic carbocycles. The number of benzene rings is 2. The van der Waals surface area contributed by atoms with Crippen molar-refractivity contribution in [2.45, 2.75) is 35.5 Å². The Morgan fingerprint density at radius 2 is 1.47 bits per heavy atom. The van der Waals surface area contributed by atoms with Gasteiger partial charge in [-0.15, -0.1) is 0 Å². The summed E-state index contributed by atoms with van der Waals surface area (Å²) >= 11 is 0. The van der Waals surface area contributed by atoms with Gasteiger partial charge in [0, 0.05) is 18.8 Å². The summed E-state index contributed by atoms with van der Waals surface area (Å²) in [6.45, 7) is -1.37. The average Bonchev–Trinajstić information content (AvgIpc) is 3.00. The van der Waals surface area contributed by atoms with Gasteiger partial charge in [0.1, 0.15) is 6.54 Å². The fraction of sp³-hybridized carbons (Fsp3) is 0.364. The quantitative estimate of drug-likeness (QED) is 0.599. The summed E-state index contributed by atoms with van der Waals surface area (Å²) in [6, 6.07) is 6.54. The molecule has 2 aliphatic rings. The van der Waals surface area contributed by atoms with Crippen molar-refractivity contribution < 1.29 is 49.5 Å². The van der Waals surface area contributed by atoms with Gasteiger partial charge in [-0.1, -0.05) is 18.2 Å². The van der Waals surface area contributed by atoms with Crippen molar-refractivity contribution in [3.63, 3.8) is 0 Å². The van der Waals surface area contributed by atoms with Crippen molar-refractivity contribution in [1.29, 1.82) is 0 Å². The first-order valence-corrected chi connectivity index (χ1v) is 11.9. The minimum Gasteiger partial charge on any atom is -0.480 e. The van der Waals surface area contributed by atoms with E-state index in [0.29, 0.717) is 11.3 Å². The summed E-state index contributed by atoms with van der Waals surface area (Å²) in [5.74, 6) is -1.82. The maximum Gasteiger partial charge on any atom is 0.416 e. The normalized spacial score (nSPS) is 18.5. The number of carbonyl (C=O) groups excluding carboxylic acids is 1. The molecule has 194 valence electrons. The summed E-state index contributed by atoms with van der Waals surface area (Å²) in [5.41, 5.74) is -3.92. The Morgan fingerprint density at radius 3 is 1.97 bits per heavy atom. The summed E-state index contributed by atoms with van der Waals surface area (Å²) in [5, 5.41) is 9.20. The Balaban J connectivity index is 1.67. The van der Waals surface area contributed by atoms with E-state index in [1.807, 2.05) is 0 Å². The van der Waals surface area contributed by atoms with Gasteiger partial charge in [-0.3, -0.25) is 9.59 Å². The Bertz CT molecular complexity index is 1300.